The zero-order chi connectivity index (χ0) is 12.5. The first-order valence-corrected chi connectivity index (χ1v) is 6.12. The Kier molecular flexibility index (Phi) is 2.68. The summed E-state index contributed by atoms with van der Waals surface area (Å²) in [5.41, 5.74) is 0.638. The second kappa shape index (κ2) is 4.34. The minimum atomic E-state index is -0.0928. The predicted octanol–water partition coefficient (Wildman–Crippen LogP) is 2.54. The van der Waals surface area contributed by atoms with Gasteiger partial charge < -0.3 is 0 Å². The van der Waals surface area contributed by atoms with Crippen LogP contribution in [0.15, 0.2) is 58.5 Å². The molecule has 0 saturated heterocycles. The van der Waals surface area contributed by atoms with Crippen LogP contribution in [-0.2, 0) is 0 Å². The van der Waals surface area contributed by atoms with E-state index in [1.165, 1.54) is 0 Å². The van der Waals surface area contributed by atoms with E-state index in [9.17, 15) is 4.79 Å². The average Bonchev–Trinajstić information content (AvgIpc) is 2.41. The van der Waals surface area contributed by atoms with Crippen LogP contribution in [0.3, 0.4) is 0 Å². The number of halogens is 1. The maximum Gasteiger partial charge on any atom is 0.264 e. The van der Waals surface area contributed by atoms with E-state index >= 15 is 0 Å². The number of pyridine rings is 3. The molecule has 0 aliphatic heterocycles. The molecule has 0 unspecified atom stereocenters. The van der Waals surface area contributed by atoms with Gasteiger partial charge in [0.25, 0.3) is 5.56 Å². The van der Waals surface area contributed by atoms with Crippen LogP contribution in [0.1, 0.15) is 0 Å². The van der Waals surface area contributed by atoms with E-state index in [2.05, 4.69) is 25.9 Å². The van der Waals surface area contributed by atoms with Crippen molar-refractivity contribution in [2.24, 2.45) is 0 Å². The van der Waals surface area contributed by atoms with Gasteiger partial charge in [0.2, 0.25) is 0 Å². The van der Waals surface area contributed by atoms with Crippen LogP contribution < -0.4 is 5.56 Å². The fourth-order valence-corrected chi connectivity index (χ4v) is 2.03. The van der Waals surface area contributed by atoms with Crippen LogP contribution in [0, 0.1) is 0 Å². The van der Waals surface area contributed by atoms with Crippen molar-refractivity contribution >= 4 is 26.7 Å². The summed E-state index contributed by atoms with van der Waals surface area (Å²) in [4.78, 5) is 20.4. The maximum absolute atomic E-state index is 12.3. The van der Waals surface area contributed by atoms with E-state index in [4.69, 9.17) is 0 Å². The second-order valence-electron chi connectivity index (χ2n) is 3.79. The van der Waals surface area contributed by atoms with Gasteiger partial charge in [0.1, 0.15) is 4.60 Å². The van der Waals surface area contributed by atoms with E-state index in [1.807, 2.05) is 18.2 Å². The molecule has 0 aliphatic carbocycles. The Bertz CT molecular complexity index is 765. The quantitative estimate of drug-likeness (QED) is 0.649. The Hall–Kier alpha value is -2.01. The zero-order valence-electron chi connectivity index (χ0n) is 9.25. The normalized spacial score (nSPS) is 10.7. The molecule has 0 saturated carbocycles. The van der Waals surface area contributed by atoms with Crippen molar-refractivity contribution in [3.63, 3.8) is 0 Å². The molecule has 0 N–H and O–H groups in total. The molecule has 0 amide bonds. The van der Waals surface area contributed by atoms with E-state index in [-0.39, 0.29) is 5.56 Å². The third kappa shape index (κ3) is 1.82. The molecule has 3 aromatic rings. The number of rotatable bonds is 1. The van der Waals surface area contributed by atoms with E-state index < -0.39 is 0 Å². The van der Waals surface area contributed by atoms with Gasteiger partial charge >= 0.3 is 0 Å². The number of hydrogen-bond donors (Lipinski definition) is 0. The highest BCUT2D eigenvalue weighted by Gasteiger charge is 2.04. The monoisotopic (exact) mass is 301 g/mol. The Labute approximate surface area is 111 Å². The third-order valence-electron chi connectivity index (χ3n) is 2.70. The Morgan fingerprint density at radius 2 is 2.00 bits per heavy atom. The molecule has 3 heterocycles. The topological polar surface area (TPSA) is 47.8 Å². The minimum Gasteiger partial charge on any atom is -0.282 e. The average molecular weight is 302 g/mol. The lowest BCUT2D eigenvalue weighted by atomic mass is 10.2. The number of aromatic nitrogens is 3. The van der Waals surface area contributed by atoms with Crippen LogP contribution in [0.4, 0.5) is 0 Å². The Balaban J connectivity index is 2.27. The van der Waals surface area contributed by atoms with Crippen molar-refractivity contribution in [1.82, 2.24) is 14.5 Å². The van der Waals surface area contributed by atoms with E-state index in [0.29, 0.717) is 5.39 Å². The molecule has 18 heavy (non-hydrogen) atoms. The highest BCUT2D eigenvalue weighted by molar-refractivity contribution is 9.10. The summed E-state index contributed by atoms with van der Waals surface area (Å²) in [6.07, 6.45) is 6.65. The molecule has 0 aliphatic rings. The fraction of sp³-hybridized carbons (Fsp3) is 0. The summed E-state index contributed by atoms with van der Waals surface area (Å²) >= 11 is 3.27. The summed E-state index contributed by atoms with van der Waals surface area (Å²) in [6.45, 7) is 0. The summed E-state index contributed by atoms with van der Waals surface area (Å²) in [6, 6.07) is 7.34. The van der Waals surface area contributed by atoms with Crippen LogP contribution >= 0.6 is 15.9 Å². The largest absolute Gasteiger partial charge is 0.282 e. The first-order chi connectivity index (χ1) is 8.75. The van der Waals surface area contributed by atoms with Gasteiger partial charge in [0.15, 0.2) is 0 Å². The van der Waals surface area contributed by atoms with Crippen molar-refractivity contribution in [1.29, 1.82) is 0 Å². The van der Waals surface area contributed by atoms with Crippen molar-refractivity contribution in [2.75, 3.05) is 0 Å². The van der Waals surface area contributed by atoms with Crippen molar-refractivity contribution < 1.29 is 0 Å². The van der Waals surface area contributed by atoms with Crippen molar-refractivity contribution in [2.45, 2.75) is 0 Å². The molecule has 0 fully saturated rings. The zero-order valence-corrected chi connectivity index (χ0v) is 10.8. The van der Waals surface area contributed by atoms with Crippen LogP contribution in [0.2, 0.25) is 0 Å². The number of hydrogen-bond acceptors (Lipinski definition) is 3. The Morgan fingerprint density at radius 3 is 2.78 bits per heavy atom. The van der Waals surface area contributed by atoms with Gasteiger partial charge in [-0.15, -0.1) is 0 Å². The number of nitrogens with zero attached hydrogens (tertiary/aromatic N) is 3. The maximum atomic E-state index is 12.3. The lowest BCUT2D eigenvalue weighted by molar-refractivity contribution is 0.990. The third-order valence-corrected chi connectivity index (χ3v) is 3.17. The SMILES string of the molecule is O=c1c2cnccc2ccn1-c1ccc(Br)nc1. The smallest absolute Gasteiger partial charge is 0.264 e. The van der Waals surface area contributed by atoms with Gasteiger partial charge in [-0.1, -0.05) is 0 Å². The van der Waals surface area contributed by atoms with Gasteiger partial charge in [-0.25, -0.2) is 4.98 Å². The van der Waals surface area contributed by atoms with Crippen LogP contribution in [0.25, 0.3) is 16.5 Å². The molecule has 0 aromatic carbocycles. The van der Waals surface area contributed by atoms with Crippen LogP contribution in [0.5, 0.6) is 0 Å². The number of fused-ring (bicyclic) bond motifs is 1. The molecule has 0 spiro atoms. The molecule has 0 atom stereocenters. The molecular formula is C13H8BrN3O. The van der Waals surface area contributed by atoms with E-state index in [1.54, 1.807) is 35.4 Å². The molecular weight excluding hydrogens is 294 g/mol. The highest BCUT2D eigenvalue weighted by Crippen LogP contribution is 2.12. The summed E-state index contributed by atoms with van der Waals surface area (Å²) in [5.74, 6) is 0. The molecule has 88 valence electrons. The molecule has 3 rings (SSSR count). The first-order valence-electron chi connectivity index (χ1n) is 5.33. The standard InChI is InChI=1S/C13H8BrN3O/c14-12-2-1-10(7-16-12)17-6-4-9-3-5-15-8-11(9)13(17)18/h1-8H. The second-order valence-corrected chi connectivity index (χ2v) is 4.61. The summed E-state index contributed by atoms with van der Waals surface area (Å²) < 4.78 is 2.30. The minimum absolute atomic E-state index is 0.0928. The van der Waals surface area contributed by atoms with Gasteiger partial charge in [0.05, 0.1) is 17.3 Å². The lowest BCUT2D eigenvalue weighted by Gasteiger charge is -2.06. The lowest BCUT2D eigenvalue weighted by Crippen LogP contribution is -2.17. The highest BCUT2D eigenvalue weighted by atomic mass is 79.9. The Morgan fingerprint density at radius 1 is 1.11 bits per heavy atom. The first kappa shape index (κ1) is 11.1. The van der Waals surface area contributed by atoms with Gasteiger partial charge in [0, 0.05) is 18.6 Å². The van der Waals surface area contributed by atoms with Crippen molar-refractivity contribution in [3.8, 4) is 5.69 Å². The van der Waals surface area contributed by atoms with E-state index in [0.717, 1.165) is 15.7 Å². The van der Waals surface area contributed by atoms with Gasteiger partial charge in [-0.2, -0.15) is 0 Å². The summed E-state index contributed by atoms with van der Waals surface area (Å²) in [7, 11) is 0. The summed E-state index contributed by atoms with van der Waals surface area (Å²) in [5, 5.41) is 1.49. The predicted molar refractivity (Wildman–Crippen MR) is 72.8 cm³/mol. The van der Waals surface area contributed by atoms with Crippen molar-refractivity contribution in [3.05, 3.63) is 64.0 Å². The van der Waals surface area contributed by atoms with Gasteiger partial charge in [-0.3, -0.25) is 14.3 Å². The molecule has 4 nitrogen and oxygen atoms in total. The molecule has 3 aromatic heterocycles. The van der Waals surface area contributed by atoms with Gasteiger partial charge in [-0.05, 0) is 45.6 Å². The van der Waals surface area contributed by atoms with Crippen LogP contribution in [-0.4, -0.2) is 14.5 Å². The molecule has 0 bridgehead atoms. The molecule has 0 radical (unpaired) electrons. The molecule has 5 heteroatoms. The fourth-order valence-electron chi connectivity index (χ4n) is 1.80.